The molecule has 3 aromatic rings. The van der Waals surface area contributed by atoms with E-state index in [9.17, 15) is 18.0 Å². The minimum Gasteiger partial charge on any atom is -0.337 e. The fourth-order valence-corrected chi connectivity index (χ4v) is 7.27. The Labute approximate surface area is 197 Å². The monoisotopic (exact) mass is 491 g/mol. The van der Waals surface area contributed by atoms with Gasteiger partial charge in [0, 0.05) is 42.6 Å². The first-order chi connectivity index (χ1) is 15.8. The molecule has 6 nitrogen and oxygen atoms in total. The van der Waals surface area contributed by atoms with Gasteiger partial charge in [0.05, 0.1) is 21.7 Å². The van der Waals surface area contributed by atoms with Crippen LogP contribution in [0.15, 0.2) is 48.9 Å². The lowest BCUT2D eigenvalue weighted by Crippen LogP contribution is -2.43. The van der Waals surface area contributed by atoms with Gasteiger partial charge in [0.2, 0.25) is 0 Å². The van der Waals surface area contributed by atoms with Crippen molar-refractivity contribution in [3.63, 3.8) is 0 Å². The highest BCUT2D eigenvalue weighted by Gasteiger charge is 2.40. The van der Waals surface area contributed by atoms with Gasteiger partial charge < -0.3 is 4.90 Å². The molecule has 5 rings (SSSR count). The second-order valence-corrected chi connectivity index (χ2v) is 11.1. The highest BCUT2D eigenvalue weighted by Crippen LogP contribution is 2.50. The molecule has 2 saturated heterocycles. The van der Waals surface area contributed by atoms with Crippen LogP contribution < -0.4 is 0 Å². The molecule has 33 heavy (non-hydrogen) atoms. The summed E-state index contributed by atoms with van der Waals surface area (Å²) in [7, 11) is 0. The summed E-state index contributed by atoms with van der Waals surface area (Å²) in [4.78, 5) is 22.7. The Morgan fingerprint density at radius 1 is 1.03 bits per heavy atom. The van der Waals surface area contributed by atoms with Gasteiger partial charge in [0.25, 0.3) is 5.91 Å². The molecule has 3 aromatic heterocycles. The van der Waals surface area contributed by atoms with E-state index < -0.39 is 11.9 Å². The maximum absolute atomic E-state index is 13.3. The highest BCUT2D eigenvalue weighted by atomic mass is 32.2. The normalized spacial score (nSPS) is 18.1. The number of alkyl halides is 3. The number of hydrogen-bond acceptors (Lipinski definition) is 6. The fourth-order valence-electron chi connectivity index (χ4n) is 4.09. The fraction of sp³-hybridized carbons (Fsp3) is 0.364. The molecule has 0 radical (unpaired) electrons. The minimum atomic E-state index is -4.53. The number of piperidine rings is 1. The van der Waals surface area contributed by atoms with E-state index in [1.165, 1.54) is 10.7 Å². The number of rotatable bonds is 3. The van der Waals surface area contributed by atoms with Crippen molar-refractivity contribution in [1.82, 2.24) is 24.6 Å². The van der Waals surface area contributed by atoms with Crippen LogP contribution in [0.5, 0.6) is 0 Å². The lowest BCUT2D eigenvalue weighted by atomic mass is 10.1. The van der Waals surface area contributed by atoms with Crippen LogP contribution >= 0.6 is 23.5 Å². The van der Waals surface area contributed by atoms with Gasteiger partial charge in [-0.25, -0.2) is 9.67 Å². The van der Waals surface area contributed by atoms with Gasteiger partial charge in [-0.1, -0.05) is 0 Å². The Balaban J connectivity index is 1.45. The molecule has 0 aromatic carbocycles. The number of pyridine rings is 2. The molecule has 1 amide bonds. The van der Waals surface area contributed by atoms with Crippen LogP contribution in [0.25, 0.3) is 16.9 Å². The topological polar surface area (TPSA) is 63.9 Å². The van der Waals surface area contributed by atoms with Crippen molar-refractivity contribution in [2.24, 2.45) is 0 Å². The third-order valence-corrected chi connectivity index (χ3v) is 9.46. The largest absolute Gasteiger partial charge is 0.433 e. The van der Waals surface area contributed by atoms with Crippen LogP contribution in [0.2, 0.25) is 0 Å². The van der Waals surface area contributed by atoms with Gasteiger partial charge in [0.15, 0.2) is 5.69 Å². The lowest BCUT2D eigenvalue weighted by molar-refractivity contribution is -0.141. The first kappa shape index (κ1) is 22.3. The Morgan fingerprint density at radius 2 is 1.73 bits per heavy atom. The molecule has 0 N–H and O–H groups in total. The summed E-state index contributed by atoms with van der Waals surface area (Å²) in [5.41, 5.74) is 0.935. The number of amides is 1. The van der Waals surface area contributed by atoms with Gasteiger partial charge in [-0.15, -0.1) is 23.5 Å². The zero-order valence-electron chi connectivity index (χ0n) is 17.5. The molecule has 0 unspecified atom stereocenters. The quantitative estimate of drug-likeness (QED) is 0.527. The average molecular weight is 492 g/mol. The van der Waals surface area contributed by atoms with E-state index in [2.05, 4.69) is 15.1 Å². The molecule has 11 heteroatoms. The number of carbonyl (C=O) groups excluding carboxylic acids is 1. The first-order valence-corrected chi connectivity index (χ1v) is 12.4. The smallest absolute Gasteiger partial charge is 0.337 e. The van der Waals surface area contributed by atoms with Gasteiger partial charge in [0.1, 0.15) is 5.69 Å². The average Bonchev–Trinajstić information content (AvgIpc) is 3.47. The van der Waals surface area contributed by atoms with Crippen molar-refractivity contribution in [2.75, 3.05) is 24.6 Å². The maximum atomic E-state index is 13.3. The lowest BCUT2D eigenvalue weighted by Gasteiger charge is -2.37. The minimum absolute atomic E-state index is 0.174. The van der Waals surface area contributed by atoms with Gasteiger partial charge in [-0.2, -0.15) is 18.3 Å². The van der Waals surface area contributed by atoms with Crippen molar-refractivity contribution < 1.29 is 18.0 Å². The van der Waals surface area contributed by atoms with E-state index >= 15 is 0 Å². The van der Waals surface area contributed by atoms with Gasteiger partial charge >= 0.3 is 6.18 Å². The predicted molar refractivity (Wildman–Crippen MR) is 122 cm³/mol. The van der Waals surface area contributed by atoms with Crippen LogP contribution in [0.1, 0.15) is 29.0 Å². The summed E-state index contributed by atoms with van der Waals surface area (Å²) >= 11 is 3.98. The van der Waals surface area contributed by atoms with E-state index in [4.69, 9.17) is 0 Å². The molecule has 1 spiro atoms. The van der Waals surface area contributed by atoms with E-state index in [0.29, 0.717) is 24.5 Å². The molecule has 172 valence electrons. The molecule has 0 atom stereocenters. The SMILES string of the molecule is O=C(c1cc(-c2ccncc2)n(-c2ccc(C(F)(F)F)nc2)n1)N1CCC2(CC1)SCCS2. The second-order valence-electron chi connectivity index (χ2n) is 7.86. The molecule has 2 aliphatic heterocycles. The van der Waals surface area contributed by atoms with E-state index in [-0.39, 0.29) is 15.7 Å². The number of hydrogen-bond donors (Lipinski definition) is 0. The summed E-state index contributed by atoms with van der Waals surface area (Å²) in [6, 6.07) is 7.42. The Kier molecular flexibility index (Phi) is 5.86. The number of thioether (sulfide) groups is 2. The molecular formula is C22H20F3N5OS2. The third-order valence-electron chi connectivity index (χ3n) is 5.81. The summed E-state index contributed by atoms with van der Waals surface area (Å²) in [5, 5.41) is 4.49. The Hall–Kier alpha value is -2.53. The predicted octanol–water partition coefficient (Wildman–Crippen LogP) is 4.76. The molecule has 0 bridgehead atoms. The highest BCUT2D eigenvalue weighted by molar-refractivity contribution is 8.21. The molecule has 0 saturated carbocycles. The maximum Gasteiger partial charge on any atom is 0.433 e. The Bertz CT molecular complexity index is 1140. The zero-order valence-corrected chi connectivity index (χ0v) is 19.1. The van der Waals surface area contributed by atoms with Crippen LogP contribution in [0.4, 0.5) is 13.2 Å². The first-order valence-electron chi connectivity index (χ1n) is 10.5. The standard InChI is InChI=1S/C22H20F3N5OS2/c23-22(24,25)19-2-1-16(14-27-19)30-18(15-3-7-26-8-4-15)13-17(28-30)20(31)29-9-5-21(6-10-29)32-11-12-33-21/h1-4,7-8,13-14H,5-6,9-12H2. The summed E-state index contributed by atoms with van der Waals surface area (Å²) in [5.74, 6) is 2.13. The van der Waals surface area contributed by atoms with Crippen LogP contribution in [-0.2, 0) is 6.18 Å². The van der Waals surface area contributed by atoms with E-state index in [0.717, 1.165) is 42.2 Å². The number of halogens is 3. The third kappa shape index (κ3) is 4.48. The van der Waals surface area contributed by atoms with Crippen molar-refractivity contribution in [2.45, 2.75) is 23.1 Å². The number of likely N-dealkylation sites (tertiary alicyclic amines) is 1. The van der Waals surface area contributed by atoms with Crippen molar-refractivity contribution >= 4 is 29.4 Å². The van der Waals surface area contributed by atoms with Crippen LogP contribution in [-0.4, -0.2) is 59.2 Å². The number of aromatic nitrogens is 4. The van der Waals surface area contributed by atoms with Gasteiger partial charge in [-0.05, 0) is 43.2 Å². The van der Waals surface area contributed by atoms with Gasteiger partial charge in [-0.3, -0.25) is 9.78 Å². The molecule has 2 aliphatic rings. The van der Waals surface area contributed by atoms with Crippen molar-refractivity contribution in [3.05, 3.63) is 60.3 Å². The van der Waals surface area contributed by atoms with E-state index in [1.807, 2.05) is 28.4 Å². The van der Waals surface area contributed by atoms with Crippen LogP contribution in [0.3, 0.4) is 0 Å². The molecule has 0 aliphatic carbocycles. The van der Waals surface area contributed by atoms with Crippen LogP contribution in [0, 0.1) is 0 Å². The van der Waals surface area contributed by atoms with Crippen molar-refractivity contribution in [3.8, 4) is 16.9 Å². The molecule has 2 fully saturated rings. The summed E-state index contributed by atoms with van der Waals surface area (Å²) in [6.07, 6.45) is 1.69. The molecule has 5 heterocycles. The van der Waals surface area contributed by atoms with Crippen molar-refractivity contribution in [1.29, 1.82) is 0 Å². The van der Waals surface area contributed by atoms with E-state index in [1.54, 1.807) is 30.6 Å². The second kappa shape index (κ2) is 8.68. The number of carbonyl (C=O) groups is 1. The Morgan fingerprint density at radius 3 is 2.33 bits per heavy atom. The molecular weight excluding hydrogens is 471 g/mol. The summed E-state index contributed by atoms with van der Waals surface area (Å²) < 4.78 is 40.5. The number of nitrogens with zero attached hydrogens (tertiary/aromatic N) is 5. The summed E-state index contributed by atoms with van der Waals surface area (Å²) in [6.45, 7) is 1.33. The zero-order chi connectivity index (χ0) is 23.1.